The molecular weight excluding hydrogens is 444 g/mol. The number of nitrogens with zero attached hydrogens (tertiary/aromatic N) is 3. The minimum Gasteiger partial charge on any atom is -0.435 e. The molecule has 0 fully saturated rings. The van der Waals surface area contributed by atoms with E-state index < -0.39 is 6.61 Å². The average Bonchev–Trinajstić information content (AvgIpc) is 3.11. The maximum Gasteiger partial charge on any atom is 0.387 e. The Kier molecular flexibility index (Phi) is 9.70. The zero-order valence-electron chi connectivity index (χ0n) is 19.3. The molecule has 0 bridgehead atoms. The highest BCUT2D eigenvalue weighted by atomic mass is 35.5. The van der Waals surface area contributed by atoms with E-state index in [1.165, 1.54) is 0 Å². The first kappa shape index (κ1) is 25.2. The Morgan fingerprint density at radius 2 is 1.76 bits per heavy atom. The third kappa shape index (κ3) is 7.27. The number of hydrogen-bond donors (Lipinski definition) is 0. The molecule has 0 N–H and O–H groups in total. The number of aromatic nitrogens is 2. The summed E-state index contributed by atoms with van der Waals surface area (Å²) in [5.41, 5.74) is 2.95. The molecule has 0 unspecified atom stereocenters. The lowest BCUT2D eigenvalue weighted by Crippen LogP contribution is -2.26. The smallest absolute Gasteiger partial charge is 0.387 e. The molecule has 2 aromatic carbocycles. The minimum absolute atomic E-state index is 0.176. The number of ether oxygens (including phenoxy) is 1. The molecule has 0 spiro atoms. The van der Waals surface area contributed by atoms with Gasteiger partial charge in [0.15, 0.2) is 5.15 Å². The van der Waals surface area contributed by atoms with Crippen molar-refractivity contribution in [2.24, 2.45) is 0 Å². The summed E-state index contributed by atoms with van der Waals surface area (Å²) < 4.78 is 32.1. The SMILES string of the molecule is CCCCN(Cc1cccc(OC(F)F)c1)Cc1c(Cl)nc(-c2ccccc2)n1CCCC. The molecule has 3 aromatic rings. The molecule has 1 aromatic heterocycles. The van der Waals surface area contributed by atoms with Gasteiger partial charge >= 0.3 is 6.61 Å². The van der Waals surface area contributed by atoms with E-state index in [1.807, 2.05) is 36.4 Å². The number of rotatable bonds is 13. The topological polar surface area (TPSA) is 30.3 Å². The van der Waals surface area contributed by atoms with E-state index in [4.69, 9.17) is 16.6 Å². The number of alkyl halides is 2. The molecule has 0 amide bonds. The van der Waals surface area contributed by atoms with Gasteiger partial charge in [0.25, 0.3) is 0 Å². The Morgan fingerprint density at radius 1 is 1.00 bits per heavy atom. The van der Waals surface area contributed by atoms with Crippen molar-refractivity contribution >= 4 is 11.6 Å². The summed E-state index contributed by atoms with van der Waals surface area (Å²) in [4.78, 5) is 7.02. The highest BCUT2D eigenvalue weighted by Gasteiger charge is 2.20. The third-order valence-corrected chi connectivity index (χ3v) is 5.82. The van der Waals surface area contributed by atoms with Crippen molar-refractivity contribution in [3.8, 4) is 17.1 Å². The van der Waals surface area contributed by atoms with Crippen LogP contribution in [0.5, 0.6) is 5.75 Å². The minimum atomic E-state index is -2.83. The highest BCUT2D eigenvalue weighted by Crippen LogP contribution is 2.28. The summed E-state index contributed by atoms with van der Waals surface area (Å²) >= 11 is 6.68. The number of hydrogen-bond acceptors (Lipinski definition) is 3. The van der Waals surface area contributed by atoms with Crippen LogP contribution in [-0.2, 0) is 19.6 Å². The van der Waals surface area contributed by atoms with Crippen molar-refractivity contribution in [3.63, 3.8) is 0 Å². The van der Waals surface area contributed by atoms with E-state index in [-0.39, 0.29) is 5.75 Å². The van der Waals surface area contributed by atoms with Gasteiger partial charge in [-0.3, -0.25) is 4.90 Å². The molecule has 0 saturated carbocycles. The van der Waals surface area contributed by atoms with Crippen LogP contribution >= 0.6 is 11.6 Å². The number of halogens is 3. The fraction of sp³-hybridized carbons (Fsp3) is 0.423. The first-order valence-electron chi connectivity index (χ1n) is 11.6. The van der Waals surface area contributed by atoms with Crippen LogP contribution in [-0.4, -0.2) is 27.6 Å². The molecule has 0 aliphatic carbocycles. The maximum absolute atomic E-state index is 12.6. The standard InChI is InChI=1S/C26H32ClF2N3O/c1-3-5-15-31(18-20-11-10-14-22(17-20)33-26(28)29)19-23-24(27)30-25(32(23)16-6-4-2)21-12-8-7-9-13-21/h7-14,17,26H,3-6,15-16,18-19H2,1-2H3. The molecule has 1 heterocycles. The lowest BCUT2D eigenvalue weighted by Gasteiger charge is -2.24. The largest absolute Gasteiger partial charge is 0.435 e. The first-order valence-corrected chi connectivity index (χ1v) is 12.0. The van der Waals surface area contributed by atoms with E-state index >= 15 is 0 Å². The second-order valence-corrected chi connectivity index (χ2v) is 8.49. The van der Waals surface area contributed by atoms with Crippen LogP contribution in [0, 0.1) is 0 Å². The van der Waals surface area contributed by atoms with Gasteiger partial charge in [-0.2, -0.15) is 8.78 Å². The van der Waals surface area contributed by atoms with Crippen molar-refractivity contribution in [2.45, 2.75) is 65.8 Å². The Morgan fingerprint density at radius 3 is 2.45 bits per heavy atom. The van der Waals surface area contributed by atoms with Crippen LogP contribution in [0.15, 0.2) is 54.6 Å². The molecule has 0 radical (unpaired) electrons. The average molecular weight is 476 g/mol. The lowest BCUT2D eigenvalue weighted by atomic mass is 10.2. The Bertz CT molecular complexity index is 994. The van der Waals surface area contributed by atoms with Gasteiger partial charge in [-0.25, -0.2) is 4.98 Å². The van der Waals surface area contributed by atoms with Crippen LogP contribution in [0.4, 0.5) is 8.78 Å². The zero-order chi connectivity index (χ0) is 23.6. The molecule has 0 atom stereocenters. The second kappa shape index (κ2) is 12.7. The van der Waals surface area contributed by atoms with Crippen LogP contribution in [0.3, 0.4) is 0 Å². The van der Waals surface area contributed by atoms with Gasteiger partial charge in [-0.15, -0.1) is 0 Å². The summed E-state index contributed by atoms with van der Waals surface area (Å²) in [5.74, 6) is 1.06. The molecule has 0 aliphatic rings. The summed E-state index contributed by atoms with van der Waals surface area (Å²) in [5, 5.41) is 0.515. The lowest BCUT2D eigenvalue weighted by molar-refractivity contribution is -0.0499. The van der Waals surface area contributed by atoms with Gasteiger partial charge in [0.2, 0.25) is 0 Å². The third-order valence-electron chi connectivity index (χ3n) is 5.52. The molecule has 178 valence electrons. The Hall–Kier alpha value is -2.44. The van der Waals surface area contributed by atoms with E-state index in [1.54, 1.807) is 18.2 Å². The van der Waals surface area contributed by atoms with Crippen LogP contribution in [0.25, 0.3) is 11.4 Å². The molecular formula is C26H32ClF2N3O. The van der Waals surface area contributed by atoms with Crippen LogP contribution in [0.1, 0.15) is 50.8 Å². The normalized spacial score (nSPS) is 11.5. The van der Waals surface area contributed by atoms with Crippen molar-refractivity contribution in [3.05, 3.63) is 71.0 Å². The molecule has 0 aliphatic heterocycles. The second-order valence-electron chi connectivity index (χ2n) is 8.13. The Balaban J connectivity index is 1.89. The summed E-state index contributed by atoms with van der Waals surface area (Å²) in [6.07, 6.45) is 4.18. The highest BCUT2D eigenvalue weighted by molar-refractivity contribution is 6.30. The first-order chi connectivity index (χ1) is 16.0. The molecule has 3 rings (SSSR count). The monoisotopic (exact) mass is 475 g/mol. The van der Waals surface area contributed by atoms with Crippen molar-refractivity contribution in [2.75, 3.05) is 6.54 Å². The van der Waals surface area contributed by atoms with Gasteiger partial charge in [-0.05, 0) is 37.1 Å². The van der Waals surface area contributed by atoms with E-state index in [2.05, 4.69) is 28.1 Å². The number of unbranched alkanes of at least 4 members (excludes halogenated alkanes) is 2. The summed E-state index contributed by atoms with van der Waals surface area (Å²) in [6, 6.07) is 17.0. The van der Waals surface area contributed by atoms with Gasteiger partial charge in [0.05, 0.1) is 5.69 Å². The predicted molar refractivity (Wildman–Crippen MR) is 130 cm³/mol. The zero-order valence-corrected chi connectivity index (χ0v) is 20.1. The fourth-order valence-electron chi connectivity index (χ4n) is 3.86. The summed E-state index contributed by atoms with van der Waals surface area (Å²) in [6.45, 7) is 4.43. The Labute approximate surface area is 200 Å². The van der Waals surface area contributed by atoms with Crippen LogP contribution in [0.2, 0.25) is 5.15 Å². The quantitative estimate of drug-likeness (QED) is 0.258. The number of imidazole rings is 1. The van der Waals surface area contributed by atoms with Crippen LogP contribution < -0.4 is 4.74 Å². The van der Waals surface area contributed by atoms with E-state index in [9.17, 15) is 8.78 Å². The van der Waals surface area contributed by atoms with Gasteiger partial charge in [0, 0.05) is 25.2 Å². The predicted octanol–water partition coefficient (Wildman–Crippen LogP) is 7.41. The van der Waals surface area contributed by atoms with E-state index in [0.717, 1.165) is 61.4 Å². The van der Waals surface area contributed by atoms with Crippen molar-refractivity contribution < 1.29 is 13.5 Å². The molecule has 4 nitrogen and oxygen atoms in total. The van der Waals surface area contributed by atoms with Gasteiger partial charge < -0.3 is 9.30 Å². The van der Waals surface area contributed by atoms with E-state index in [0.29, 0.717) is 18.2 Å². The summed E-state index contributed by atoms with van der Waals surface area (Å²) in [7, 11) is 0. The maximum atomic E-state index is 12.6. The molecule has 33 heavy (non-hydrogen) atoms. The molecule has 0 saturated heterocycles. The van der Waals surface area contributed by atoms with Crippen molar-refractivity contribution in [1.29, 1.82) is 0 Å². The van der Waals surface area contributed by atoms with Gasteiger partial charge in [0.1, 0.15) is 11.6 Å². The number of benzene rings is 2. The fourth-order valence-corrected chi connectivity index (χ4v) is 4.10. The van der Waals surface area contributed by atoms with Crippen molar-refractivity contribution in [1.82, 2.24) is 14.5 Å². The van der Waals surface area contributed by atoms with Gasteiger partial charge in [-0.1, -0.05) is 80.8 Å². The molecule has 7 heteroatoms.